The van der Waals surface area contributed by atoms with Crippen molar-refractivity contribution in [3.05, 3.63) is 0 Å². The fourth-order valence-corrected chi connectivity index (χ4v) is 4.00. The third kappa shape index (κ3) is 5.15. The molecule has 2 aliphatic rings. The third-order valence-corrected chi connectivity index (χ3v) is 5.33. The first kappa shape index (κ1) is 16.6. The van der Waals surface area contributed by atoms with Gasteiger partial charge in [0, 0.05) is 24.7 Å². The lowest BCUT2D eigenvalue weighted by molar-refractivity contribution is 0.114. The maximum atomic E-state index is 10.7. The second-order valence-electron chi connectivity index (χ2n) is 6.82. The van der Waals surface area contributed by atoms with Crippen LogP contribution >= 0.6 is 0 Å². The molecule has 0 spiro atoms. The number of nitrogens with one attached hydrogen (secondary N) is 1. The predicted molar refractivity (Wildman–Crippen MR) is 84.4 cm³/mol. The minimum Gasteiger partial charge on any atom is -0.465 e. The number of nitrogens with zero attached hydrogens (tertiary/aromatic N) is 1. The van der Waals surface area contributed by atoms with Gasteiger partial charge < -0.3 is 21.1 Å². The van der Waals surface area contributed by atoms with Crippen LogP contribution in [0, 0.1) is 5.92 Å². The van der Waals surface area contributed by atoms with Gasteiger partial charge in [0.15, 0.2) is 0 Å². The van der Waals surface area contributed by atoms with Gasteiger partial charge in [-0.3, -0.25) is 0 Å². The smallest absolute Gasteiger partial charge is 0.404 e. The van der Waals surface area contributed by atoms with Crippen molar-refractivity contribution < 1.29 is 9.90 Å². The Hall–Kier alpha value is -0.810. The van der Waals surface area contributed by atoms with Crippen LogP contribution in [0.15, 0.2) is 0 Å². The summed E-state index contributed by atoms with van der Waals surface area (Å²) in [4.78, 5) is 13.3. The van der Waals surface area contributed by atoms with Gasteiger partial charge in [0.2, 0.25) is 0 Å². The normalized spacial score (nSPS) is 33.9. The number of rotatable bonds is 5. The summed E-state index contributed by atoms with van der Waals surface area (Å²) in [5.41, 5.74) is 5.99. The highest BCUT2D eigenvalue weighted by molar-refractivity contribution is 5.64. The molecule has 0 aromatic heterocycles. The van der Waals surface area contributed by atoms with Crippen molar-refractivity contribution in [3.8, 4) is 0 Å². The monoisotopic (exact) mass is 297 g/mol. The van der Waals surface area contributed by atoms with E-state index >= 15 is 0 Å². The molecule has 0 saturated heterocycles. The Morgan fingerprint density at radius 1 is 1.14 bits per heavy atom. The highest BCUT2D eigenvalue weighted by atomic mass is 16.4. The second kappa shape index (κ2) is 7.99. The highest BCUT2D eigenvalue weighted by Crippen LogP contribution is 2.28. The molecule has 2 rings (SSSR count). The number of carbonyl (C=O) groups is 1. The summed E-state index contributed by atoms with van der Waals surface area (Å²) in [7, 11) is 0. The molecule has 0 aliphatic heterocycles. The van der Waals surface area contributed by atoms with Crippen LogP contribution < -0.4 is 11.1 Å². The fraction of sp³-hybridized carbons (Fsp3) is 0.938. The molecule has 21 heavy (non-hydrogen) atoms. The van der Waals surface area contributed by atoms with Crippen LogP contribution in [0.1, 0.15) is 58.3 Å². The van der Waals surface area contributed by atoms with Gasteiger partial charge >= 0.3 is 6.09 Å². The molecule has 2 fully saturated rings. The van der Waals surface area contributed by atoms with Gasteiger partial charge in [-0.1, -0.05) is 6.92 Å². The second-order valence-corrected chi connectivity index (χ2v) is 6.82. The van der Waals surface area contributed by atoms with E-state index in [-0.39, 0.29) is 6.04 Å². The molecule has 0 radical (unpaired) electrons. The van der Waals surface area contributed by atoms with E-state index in [9.17, 15) is 4.79 Å². The topological polar surface area (TPSA) is 78.6 Å². The van der Waals surface area contributed by atoms with E-state index in [0.29, 0.717) is 12.1 Å². The van der Waals surface area contributed by atoms with Gasteiger partial charge in [-0.25, -0.2) is 4.79 Å². The van der Waals surface area contributed by atoms with Crippen LogP contribution in [0.3, 0.4) is 0 Å². The summed E-state index contributed by atoms with van der Waals surface area (Å²) in [5, 5.41) is 11.4. The van der Waals surface area contributed by atoms with Crippen molar-refractivity contribution >= 4 is 6.09 Å². The Morgan fingerprint density at radius 2 is 1.76 bits per heavy atom. The molecule has 0 bridgehead atoms. The number of hydrogen-bond donors (Lipinski definition) is 3. The largest absolute Gasteiger partial charge is 0.465 e. The first-order chi connectivity index (χ1) is 10.1. The predicted octanol–water partition coefficient (Wildman–Crippen LogP) is 2.40. The van der Waals surface area contributed by atoms with Crippen LogP contribution in [-0.2, 0) is 0 Å². The van der Waals surface area contributed by atoms with Crippen molar-refractivity contribution in [3.63, 3.8) is 0 Å². The molecule has 122 valence electrons. The average Bonchev–Trinajstić information content (AvgIpc) is 2.47. The standard InChI is InChI=1S/C16H31N3O2/c1-2-19(11-12-3-5-13(17)6-4-12)15-9-7-14(8-10-15)18-16(20)21/h12-15,18H,2-11,17H2,1H3,(H,20,21). The zero-order chi connectivity index (χ0) is 15.2. The zero-order valence-corrected chi connectivity index (χ0v) is 13.3. The molecule has 1 amide bonds. The van der Waals surface area contributed by atoms with Crippen LogP contribution in [-0.4, -0.2) is 47.3 Å². The Balaban J connectivity index is 1.75. The van der Waals surface area contributed by atoms with Gasteiger partial charge in [0.1, 0.15) is 0 Å². The SMILES string of the molecule is CCN(CC1CCC(N)CC1)C1CCC(NC(=O)O)CC1. The molecule has 2 aliphatic carbocycles. The summed E-state index contributed by atoms with van der Waals surface area (Å²) in [6, 6.07) is 1.22. The summed E-state index contributed by atoms with van der Waals surface area (Å²) >= 11 is 0. The summed E-state index contributed by atoms with van der Waals surface area (Å²) in [6.07, 6.45) is 8.20. The molecular formula is C16H31N3O2. The fourth-order valence-electron chi connectivity index (χ4n) is 4.00. The van der Waals surface area contributed by atoms with Crippen molar-refractivity contribution in [2.45, 2.75) is 76.4 Å². The minimum atomic E-state index is -0.885. The maximum absolute atomic E-state index is 10.7. The van der Waals surface area contributed by atoms with Crippen molar-refractivity contribution in [2.24, 2.45) is 11.7 Å². The molecule has 5 heteroatoms. The van der Waals surface area contributed by atoms with Gasteiger partial charge in [-0.15, -0.1) is 0 Å². The van der Waals surface area contributed by atoms with E-state index in [1.807, 2.05) is 0 Å². The Labute approximate surface area is 128 Å². The van der Waals surface area contributed by atoms with E-state index in [4.69, 9.17) is 10.8 Å². The molecule has 0 unspecified atom stereocenters. The molecule has 0 aromatic rings. The first-order valence-electron chi connectivity index (χ1n) is 8.57. The van der Waals surface area contributed by atoms with E-state index < -0.39 is 6.09 Å². The zero-order valence-electron chi connectivity index (χ0n) is 13.3. The van der Waals surface area contributed by atoms with E-state index in [1.165, 1.54) is 32.2 Å². The van der Waals surface area contributed by atoms with E-state index in [1.54, 1.807) is 0 Å². The van der Waals surface area contributed by atoms with Gasteiger partial charge in [0.25, 0.3) is 0 Å². The summed E-state index contributed by atoms with van der Waals surface area (Å²) in [5.74, 6) is 0.805. The van der Waals surface area contributed by atoms with Crippen molar-refractivity contribution in [1.29, 1.82) is 0 Å². The van der Waals surface area contributed by atoms with Crippen LogP contribution in [0.25, 0.3) is 0 Å². The molecule has 5 nitrogen and oxygen atoms in total. The third-order valence-electron chi connectivity index (χ3n) is 5.33. The molecular weight excluding hydrogens is 266 g/mol. The van der Waals surface area contributed by atoms with Gasteiger partial charge in [-0.2, -0.15) is 0 Å². The molecule has 0 atom stereocenters. The van der Waals surface area contributed by atoms with Crippen LogP contribution in [0.4, 0.5) is 4.79 Å². The highest BCUT2D eigenvalue weighted by Gasteiger charge is 2.28. The average molecular weight is 297 g/mol. The maximum Gasteiger partial charge on any atom is 0.404 e. The number of amides is 1. The lowest BCUT2D eigenvalue weighted by Crippen LogP contribution is -2.45. The lowest BCUT2D eigenvalue weighted by atomic mass is 9.84. The van der Waals surface area contributed by atoms with E-state index in [2.05, 4.69) is 17.1 Å². The van der Waals surface area contributed by atoms with Crippen LogP contribution in [0.5, 0.6) is 0 Å². The Bertz CT molecular complexity index is 321. The van der Waals surface area contributed by atoms with E-state index in [0.717, 1.165) is 38.1 Å². The molecule has 2 saturated carbocycles. The van der Waals surface area contributed by atoms with Crippen molar-refractivity contribution in [1.82, 2.24) is 10.2 Å². The number of nitrogens with two attached hydrogens (primary N) is 1. The van der Waals surface area contributed by atoms with Crippen molar-refractivity contribution in [2.75, 3.05) is 13.1 Å². The summed E-state index contributed by atoms with van der Waals surface area (Å²) < 4.78 is 0. The van der Waals surface area contributed by atoms with Crippen LogP contribution in [0.2, 0.25) is 0 Å². The number of carboxylic acid groups (broad SMARTS) is 1. The van der Waals surface area contributed by atoms with Gasteiger partial charge in [-0.05, 0) is 63.8 Å². The molecule has 4 N–H and O–H groups in total. The first-order valence-corrected chi connectivity index (χ1v) is 8.57. The Kier molecular flexibility index (Phi) is 6.30. The molecule has 0 heterocycles. The minimum absolute atomic E-state index is 0.158. The summed E-state index contributed by atoms with van der Waals surface area (Å²) in [6.45, 7) is 4.55. The lowest BCUT2D eigenvalue weighted by Gasteiger charge is -2.39. The quantitative estimate of drug-likeness (QED) is 0.728. The van der Waals surface area contributed by atoms with Gasteiger partial charge in [0.05, 0.1) is 0 Å². The molecule has 0 aromatic carbocycles. The number of hydrogen-bond acceptors (Lipinski definition) is 3. The Morgan fingerprint density at radius 3 is 2.29 bits per heavy atom.